The number of aliphatic hydroxyl groups excluding tert-OH is 1. The molecular formula is C16H21NO4. The Labute approximate surface area is 124 Å². The number of aliphatic hydroxyl groups is 1. The van der Waals surface area contributed by atoms with Gasteiger partial charge in [-0.15, -0.1) is 0 Å². The smallest absolute Gasteiger partial charge is 0.214 e. The number of para-hydroxylation sites is 1. The molecule has 0 aliphatic rings. The summed E-state index contributed by atoms with van der Waals surface area (Å²) in [6.45, 7) is 2.26. The van der Waals surface area contributed by atoms with Crippen LogP contribution in [0.5, 0.6) is 5.88 Å². The SMILES string of the molecule is COCCCOCCOc1cc(CO)c2ccccc2n1. The lowest BCUT2D eigenvalue weighted by Gasteiger charge is -2.09. The lowest BCUT2D eigenvalue weighted by molar-refractivity contribution is 0.0796. The highest BCUT2D eigenvalue weighted by molar-refractivity contribution is 5.82. The maximum Gasteiger partial charge on any atom is 0.214 e. The molecule has 0 bridgehead atoms. The van der Waals surface area contributed by atoms with Crippen molar-refractivity contribution in [2.45, 2.75) is 13.0 Å². The Morgan fingerprint density at radius 3 is 2.76 bits per heavy atom. The minimum Gasteiger partial charge on any atom is -0.475 e. The maximum atomic E-state index is 9.43. The van der Waals surface area contributed by atoms with Crippen LogP contribution in [-0.2, 0) is 16.1 Å². The van der Waals surface area contributed by atoms with Gasteiger partial charge in [0.25, 0.3) is 0 Å². The number of hydrogen-bond acceptors (Lipinski definition) is 5. The molecule has 1 heterocycles. The van der Waals surface area contributed by atoms with Crippen LogP contribution in [0.1, 0.15) is 12.0 Å². The summed E-state index contributed by atoms with van der Waals surface area (Å²) in [6, 6.07) is 9.46. The number of hydrogen-bond donors (Lipinski definition) is 1. The van der Waals surface area contributed by atoms with Crippen LogP contribution >= 0.6 is 0 Å². The van der Waals surface area contributed by atoms with Crippen LogP contribution in [0.25, 0.3) is 10.9 Å². The molecule has 114 valence electrons. The van der Waals surface area contributed by atoms with Crippen LogP contribution in [0.15, 0.2) is 30.3 Å². The fourth-order valence-electron chi connectivity index (χ4n) is 2.04. The molecule has 0 aliphatic carbocycles. The van der Waals surface area contributed by atoms with E-state index in [4.69, 9.17) is 14.2 Å². The Bertz CT molecular complexity index is 559. The van der Waals surface area contributed by atoms with E-state index in [1.165, 1.54) is 0 Å². The molecule has 0 saturated carbocycles. The largest absolute Gasteiger partial charge is 0.475 e. The Kier molecular flexibility index (Phi) is 6.40. The average molecular weight is 291 g/mol. The van der Waals surface area contributed by atoms with Gasteiger partial charge in [0.2, 0.25) is 5.88 Å². The molecule has 1 aromatic carbocycles. The zero-order chi connectivity index (χ0) is 14.9. The Hall–Kier alpha value is -1.69. The van der Waals surface area contributed by atoms with Gasteiger partial charge in [0.05, 0.1) is 18.7 Å². The number of aromatic nitrogens is 1. The van der Waals surface area contributed by atoms with Gasteiger partial charge in [-0.25, -0.2) is 4.98 Å². The minimum atomic E-state index is -0.0348. The fraction of sp³-hybridized carbons (Fsp3) is 0.438. The highest BCUT2D eigenvalue weighted by Crippen LogP contribution is 2.21. The molecular weight excluding hydrogens is 270 g/mol. The van der Waals surface area contributed by atoms with Gasteiger partial charge in [0, 0.05) is 31.8 Å². The van der Waals surface area contributed by atoms with Crippen molar-refractivity contribution >= 4 is 10.9 Å². The maximum absolute atomic E-state index is 9.43. The molecule has 0 fully saturated rings. The van der Waals surface area contributed by atoms with E-state index in [0.717, 1.165) is 22.9 Å². The van der Waals surface area contributed by atoms with Crippen LogP contribution in [0.2, 0.25) is 0 Å². The van der Waals surface area contributed by atoms with Crippen molar-refractivity contribution in [3.05, 3.63) is 35.9 Å². The van der Waals surface area contributed by atoms with E-state index in [2.05, 4.69) is 4.98 Å². The van der Waals surface area contributed by atoms with E-state index < -0.39 is 0 Å². The van der Waals surface area contributed by atoms with Crippen molar-refractivity contribution in [1.29, 1.82) is 0 Å². The summed E-state index contributed by atoms with van der Waals surface area (Å²) in [7, 11) is 1.67. The Balaban J connectivity index is 1.87. The van der Waals surface area contributed by atoms with Crippen molar-refractivity contribution in [3.8, 4) is 5.88 Å². The zero-order valence-electron chi connectivity index (χ0n) is 12.2. The third-order valence-corrected chi connectivity index (χ3v) is 3.06. The number of rotatable bonds is 9. The van der Waals surface area contributed by atoms with E-state index in [-0.39, 0.29) is 6.61 Å². The van der Waals surface area contributed by atoms with Gasteiger partial charge in [-0.05, 0) is 18.1 Å². The number of pyridine rings is 1. The molecule has 0 amide bonds. The van der Waals surface area contributed by atoms with E-state index in [0.29, 0.717) is 32.3 Å². The Morgan fingerprint density at radius 1 is 1.10 bits per heavy atom. The molecule has 1 aromatic heterocycles. The van der Waals surface area contributed by atoms with E-state index in [1.807, 2.05) is 24.3 Å². The number of methoxy groups -OCH3 is 1. The monoisotopic (exact) mass is 291 g/mol. The summed E-state index contributed by atoms with van der Waals surface area (Å²) < 4.78 is 15.9. The lowest BCUT2D eigenvalue weighted by atomic mass is 10.1. The summed E-state index contributed by atoms with van der Waals surface area (Å²) in [5, 5.41) is 10.4. The number of nitrogens with zero attached hydrogens (tertiary/aromatic N) is 1. The second kappa shape index (κ2) is 8.56. The van der Waals surface area contributed by atoms with Crippen LogP contribution in [0, 0.1) is 0 Å². The number of benzene rings is 1. The van der Waals surface area contributed by atoms with Crippen LogP contribution in [0.3, 0.4) is 0 Å². The molecule has 2 rings (SSSR count). The van der Waals surface area contributed by atoms with Gasteiger partial charge in [-0.1, -0.05) is 18.2 Å². The molecule has 1 N–H and O–H groups in total. The zero-order valence-corrected chi connectivity index (χ0v) is 12.2. The van der Waals surface area contributed by atoms with Crippen molar-refractivity contribution in [3.63, 3.8) is 0 Å². The van der Waals surface area contributed by atoms with Crippen LogP contribution in [-0.4, -0.2) is 43.6 Å². The lowest BCUT2D eigenvalue weighted by Crippen LogP contribution is -2.09. The first-order valence-corrected chi connectivity index (χ1v) is 7.04. The normalized spacial score (nSPS) is 11.0. The van der Waals surface area contributed by atoms with Crippen molar-refractivity contribution in [1.82, 2.24) is 4.98 Å². The van der Waals surface area contributed by atoms with Crippen molar-refractivity contribution < 1.29 is 19.3 Å². The van der Waals surface area contributed by atoms with E-state index >= 15 is 0 Å². The molecule has 0 atom stereocenters. The fourth-order valence-corrected chi connectivity index (χ4v) is 2.04. The summed E-state index contributed by atoms with van der Waals surface area (Å²) >= 11 is 0. The first-order chi connectivity index (χ1) is 10.3. The summed E-state index contributed by atoms with van der Waals surface area (Å²) in [5.41, 5.74) is 1.64. The summed E-state index contributed by atoms with van der Waals surface area (Å²) in [4.78, 5) is 4.42. The standard InChI is InChI=1S/C16H21NO4/c1-19-7-4-8-20-9-10-21-16-11-13(12-18)14-5-2-3-6-15(14)17-16/h2-3,5-6,11,18H,4,7-10,12H2,1H3. The van der Waals surface area contributed by atoms with Gasteiger partial charge in [0.15, 0.2) is 0 Å². The molecule has 5 nitrogen and oxygen atoms in total. The summed E-state index contributed by atoms with van der Waals surface area (Å²) in [6.07, 6.45) is 0.874. The van der Waals surface area contributed by atoms with Gasteiger partial charge in [0.1, 0.15) is 6.61 Å². The third kappa shape index (κ3) is 4.67. The van der Waals surface area contributed by atoms with Gasteiger partial charge >= 0.3 is 0 Å². The molecule has 0 unspecified atom stereocenters. The van der Waals surface area contributed by atoms with Crippen molar-refractivity contribution in [2.24, 2.45) is 0 Å². The van der Waals surface area contributed by atoms with Gasteiger partial charge in [-0.3, -0.25) is 0 Å². The summed E-state index contributed by atoms with van der Waals surface area (Å²) in [5.74, 6) is 0.512. The molecule has 5 heteroatoms. The highest BCUT2D eigenvalue weighted by Gasteiger charge is 2.05. The average Bonchev–Trinajstić information content (AvgIpc) is 2.53. The molecule has 21 heavy (non-hydrogen) atoms. The minimum absolute atomic E-state index is 0.0348. The van der Waals surface area contributed by atoms with Gasteiger partial charge in [-0.2, -0.15) is 0 Å². The predicted molar refractivity (Wildman–Crippen MR) is 80.5 cm³/mol. The third-order valence-electron chi connectivity index (χ3n) is 3.06. The predicted octanol–water partition coefficient (Wildman–Crippen LogP) is 2.16. The van der Waals surface area contributed by atoms with Crippen molar-refractivity contribution in [2.75, 3.05) is 33.5 Å². The number of ether oxygens (including phenoxy) is 3. The second-order valence-corrected chi connectivity index (χ2v) is 4.60. The Morgan fingerprint density at radius 2 is 1.95 bits per heavy atom. The first kappa shape index (κ1) is 15.7. The molecule has 0 aliphatic heterocycles. The van der Waals surface area contributed by atoms with E-state index in [1.54, 1.807) is 13.2 Å². The topological polar surface area (TPSA) is 60.8 Å². The second-order valence-electron chi connectivity index (χ2n) is 4.60. The molecule has 0 spiro atoms. The van der Waals surface area contributed by atoms with Crippen LogP contribution in [0.4, 0.5) is 0 Å². The quantitative estimate of drug-likeness (QED) is 0.717. The van der Waals surface area contributed by atoms with Crippen LogP contribution < -0.4 is 4.74 Å². The first-order valence-electron chi connectivity index (χ1n) is 7.04. The highest BCUT2D eigenvalue weighted by atomic mass is 16.5. The molecule has 0 saturated heterocycles. The van der Waals surface area contributed by atoms with E-state index in [9.17, 15) is 5.11 Å². The molecule has 2 aromatic rings. The van der Waals surface area contributed by atoms with Gasteiger partial charge < -0.3 is 19.3 Å². The number of fused-ring (bicyclic) bond motifs is 1. The molecule has 0 radical (unpaired) electrons.